The summed E-state index contributed by atoms with van der Waals surface area (Å²) < 4.78 is 12.8. The Morgan fingerprint density at radius 1 is 0.448 bits per heavy atom. The van der Waals surface area contributed by atoms with Crippen LogP contribution in [0.3, 0.4) is 0 Å². The van der Waals surface area contributed by atoms with Crippen molar-refractivity contribution in [2.45, 2.75) is 59.8 Å². The van der Waals surface area contributed by atoms with Crippen LogP contribution in [0.2, 0.25) is 0 Å². The molecule has 0 atom stereocenters. The molecule has 25 heteroatoms. The van der Waals surface area contributed by atoms with Gasteiger partial charge in [0.05, 0.1) is 73.9 Å². The minimum atomic E-state index is 0.507. The highest BCUT2D eigenvalue weighted by molar-refractivity contribution is 9.11. The minimum absolute atomic E-state index is 0.507. The molecule has 5 N–H and O–H groups in total. The van der Waals surface area contributed by atoms with Crippen molar-refractivity contribution in [3.05, 3.63) is 316 Å². The molecular formula is C80H72Br2N21O2+. The highest BCUT2D eigenvalue weighted by atomic mass is 79.9. The number of halogens is 2. The standard InChI is InChI=1S/C21H17BrN6.C20H20N5O.C20H19N5.C19H16BrN5O/c1-27-13-24-18-9-14(7-8-19(18)27)11-23-20-10-17(15-5-3-2-4-6-15)26-21-16(22)12-25-28(20)21;1-2-16-13-22-25-19(21-12-15-7-6-10-24(26)14-15)11-18(23-20(16)25)17-8-4-3-5-9-17;1-2-16-14-23-25-19(22-13-15-7-6-10-21-12-15)11-18(24-20(16)25)17-8-4-3-5-9-17;1-13-5-2-3-7-15(13)17-9-18(25-19(23-17)16(20)11-22-25)21-10-14-6-4-8-24(26)12-14/h2-10,12-13,23H,11H2,1H3;3-11,13-14,21,26H,2,12H2,1H3;3-12,14,22H,2,13H2,1H3;2-9,11-12,21H,10H2,1H3/q;+1;;. The summed E-state index contributed by atoms with van der Waals surface area (Å²) in [5.74, 6) is 3.48. The van der Waals surface area contributed by atoms with E-state index in [0.717, 1.165) is 172 Å². The maximum atomic E-state index is 11.4. The van der Waals surface area contributed by atoms with Gasteiger partial charge in [-0.05, 0) is 98.6 Å². The van der Waals surface area contributed by atoms with Crippen molar-refractivity contribution < 1.29 is 14.7 Å². The Morgan fingerprint density at radius 2 is 0.895 bits per heavy atom. The van der Waals surface area contributed by atoms with Crippen LogP contribution in [-0.2, 0) is 46.1 Å². The molecule has 0 unspecified atom stereocenters. The van der Waals surface area contributed by atoms with Gasteiger partial charge in [-0.1, -0.05) is 141 Å². The van der Waals surface area contributed by atoms with Crippen LogP contribution in [0.4, 0.5) is 23.3 Å². The lowest BCUT2D eigenvalue weighted by Crippen LogP contribution is -2.29. The Hall–Kier alpha value is -12.7. The first-order valence-electron chi connectivity index (χ1n) is 34.1. The molecule has 0 saturated carbocycles. The molecule has 0 bridgehead atoms. The molecule has 5 aromatic carbocycles. The number of pyridine rings is 3. The second kappa shape index (κ2) is 32.1. The summed E-state index contributed by atoms with van der Waals surface area (Å²) in [7, 11) is 2.00. The summed E-state index contributed by atoms with van der Waals surface area (Å²) in [5, 5.41) is 52.6. The van der Waals surface area contributed by atoms with Gasteiger partial charge in [-0.15, -0.1) is 0 Å². The van der Waals surface area contributed by atoms with Gasteiger partial charge in [0.15, 0.2) is 35.0 Å². The summed E-state index contributed by atoms with van der Waals surface area (Å²) in [4.78, 5) is 27.8. The second-order valence-corrected chi connectivity index (χ2v) is 26.3. The number of benzene rings is 5. The van der Waals surface area contributed by atoms with Gasteiger partial charge < -0.3 is 31.0 Å². The fourth-order valence-electron chi connectivity index (χ4n) is 11.9. The van der Waals surface area contributed by atoms with Crippen molar-refractivity contribution in [1.29, 1.82) is 0 Å². The largest absolute Gasteiger partial charge is 0.619 e. The third-order valence-corrected chi connectivity index (χ3v) is 18.5. The summed E-state index contributed by atoms with van der Waals surface area (Å²) in [6, 6.07) is 64.4. The van der Waals surface area contributed by atoms with Gasteiger partial charge in [0.25, 0.3) is 0 Å². The summed E-state index contributed by atoms with van der Waals surface area (Å²) in [5.41, 5.74) is 20.8. The van der Waals surface area contributed by atoms with Gasteiger partial charge in [0, 0.05) is 131 Å². The summed E-state index contributed by atoms with van der Waals surface area (Å²) in [6.45, 7) is 8.71. The Morgan fingerprint density at radius 3 is 1.40 bits per heavy atom. The molecule has 0 saturated heterocycles. The van der Waals surface area contributed by atoms with E-state index in [1.807, 2.05) is 159 Å². The van der Waals surface area contributed by atoms with Crippen molar-refractivity contribution in [1.82, 2.24) is 72.9 Å². The molecule has 23 nitrogen and oxygen atoms in total. The monoisotopic (exact) mass is 1520 g/mol. The lowest BCUT2D eigenvalue weighted by molar-refractivity contribution is -0.905. The van der Waals surface area contributed by atoms with E-state index in [-0.39, 0.29) is 0 Å². The SMILES string of the molecule is CCc1cnn2c(NCc3ccc[n+](O)c3)cc(-c3ccccc3)nc12.CCc1cnn2c(NCc3cccnc3)cc(-c3ccccc3)nc12.Cc1ccccc1-c1cc(NCc2ccc[n+]([O-])c2)n2ncc(Br)c2n1.Cn1cnc2cc(CNc3cc(-c4ccccc4)nc4c(Br)cnn34)ccc21. The first-order chi connectivity index (χ1) is 51.4. The molecular weight excluding hydrogens is 1450 g/mol. The number of hydrogen-bond donors (Lipinski definition) is 5. The maximum Gasteiger partial charge on any atom is 0.227 e. The summed E-state index contributed by atoms with van der Waals surface area (Å²) >= 11 is 7.06. The molecule has 0 aliphatic rings. The van der Waals surface area contributed by atoms with Crippen molar-refractivity contribution in [2.24, 2.45) is 7.05 Å². The third kappa shape index (κ3) is 16.1. The van der Waals surface area contributed by atoms with Gasteiger partial charge in [0.1, 0.15) is 23.3 Å². The van der Waals surface area contributed by atoms with Crippen LogP contribution in [0.25, 0.3) is 78.7 Å². The van der Waals surface area contributed by atoms with Gasteiger partial charge >= 0.3 is 0 Å². The number of nitrogens with zero attached hydrogens (tertiary/aromatic N) is 17. The molecule has 0 aliphatic carbocycles. The molecule has 17 rings (SSSR count). The van der Waals surface area contributed by atoms with E-state index in [2.05, 4.69) is 177 Å². The van der Waals surface area contributed by atoms with Crippen LogP contribution in [0.5, 0.6) is 0 Å². The van der Waals surface area contributed by atoms with E-state index in [0.29, 0.717) is 26.2 Å². The van der Waals surface area contributed by atoms with Crippen LogP contribution < -0.4 is 30.7 Å². The van der Waals surface area contributed by atoms with Gasteiger partial charge in [-0.3, -0.25) is 10.2 Å². The normalized spacial score (nSPS) is 11.1. The molecule has 0 amide bonds. The molecule has 12 heterocycles. The number of aromatic nitrogens is 17. The maximum absolute atomic E-state index is 11.4. The van der Waals surface area contributed by atoms with E-state index >= 15 is 0 Å². The molecule has 0 spiro atoms. The first-order valence-corrected chi connectivity index (χ1v) is 35.7. The number of rotatable bonds is 18. The molecule has 12 aromatic heterocycles. The van der Waals surface area contributed by atoms with Gasteiger partial charge in [0.2, 0.25) is 12.4 Å². The summed E-state index contributed by atoms with van der Waals surface area (Å²) in [6.07, 6.45) is 20.8. The minimum Gasteiger partial charge on any atom is -0.619 e. The lowest BCUT2D eigenvalue weighted by atomic mass is 10.1. The van der Waals surface area contributed by atoms with Gasteiger partial charge in [-0.25, -0.2) is 24.9 Å². The Kier molecular flexibility index (Phi) is 21.2. The number of nitrogens with one attached hydrogen (secondary N) is 4. The van der Waals surface area contributed by atoms with Crippen LogP contribution in [0, 0.1) is 12.1 Å². The van der Waals surface area contributed by atoms with E-state index < -0.39 is 0 Å². The predicted molar refractivity (Wildman–Crippen MR) is 416 cm³/mol. The number of fused-ring (bicyclic) bond motifs is 5. The molecule has 17 aromatic rings. The van der Waals surface area contributed by atoms with E-state index in [1.54, 1.807) is 53.8 Å². The van der Waals surface area contributed by atoms with Crippen LogP contribution >= 0.6 is 31.9 Å². The lowest BCUT2D eigenvalue weighted by Gasteiger charge is -2.12. The quantitative estimate of drug-likeness (QED) is 0.0304. The van der Waals surface area contributed by atoms with Crippen LogP contribution in [0.1, 0.15) is 52.8 Å². The third-order valence-electron chi connectivity index (χ3n) is 17.4. The predicted octanol–water partition coefficient (Wildman–Crippen LogP) is 15.4. The van der Waals surface area contributed by atoms with E-state index in [9.17, 15) is 10.4 Å². The highest BCUT2D eigenvalue weighted by Crippen LogP contribution is 2.31. The second-order valence-electron chi connectivity index (χ2n) is 24.6. The van der Waals surface area contributed by atoms with Crippen molar-refractivity contribution in [3.8, 4) is 45.0 Å². The van der Waals surface area contributed by atoms with E-state index in [4.69, 9.17) is 19.9 Å². The molecule has 0 aliphatic heterocycles. The van der Waals surface area contributed by atoms with Crippen molar-refractivity contribution in [2.75, 3.05) is 21.3 Å². The number of aryl methyl sites for hydroxylation is 4. The van der Waals surface area contributed by atoms with Crippen molar-refractivity contribution >= 4 is 88.8 Å². The Labute approximate surface area is 621 Å². The fourth-order valence-corrected chi connectivity index (χ4v) is 12.6. The molecule has 105 heavy (non-hydrogen) atoms. The smallest absolute Gasteiger partial charge is 0.227 e. The zero-order valence-electron chi connectivity index (χ0n) is 57.8. The Balaban J connectivity index is 0.000000118. The molecule has 0 radical (unpaired) electrons. The number of imidazole rings is 1. The fraction of sp³-hybridized carbons (Fsp3) is 0.125. The average molecular weight is 1520 g/mol. The number of hydrogen-bond acceptors (Lipinski definition) is 16. The zero-order valence-corrected chi connectivity index (χ0v) is 61.0. The number of anilines is 4. The first kappa shape index (κ1) is 69.4. The topological polar surface area (TPSA) is 251 Å². The van der Waals surface area contributed by atoms with Crippen LogP contribution in [0.15, 0.2) is 271 Å². The van der Waals surface area contributed by atoms with E-state index in [1.165, 1.54) is 6.20 Å². The average Bonchev–Trinajstić information content (AvgIpc) is 1.66. The van der Waals surface area contributed by atoms with Crippen LogP contribution in [-0.4, -0.2) is 78.1 Å². The Bertz CT molecular complexity index is 5780. The van der Waals surface area contributed by atoms with Gasteiger partial charge in [-0.2, -0.15) is 43.2 Å². The van der Waals surface area contributed by atoms with Crippen molar-refractivity contribution in [3.63, 3.8) is 0 Å². The zero-order chi connectivity index (χ0) is 72.2. The molecule has 0 fully saturated rings. The highest BCUT2D eigenvalue weighted by Gasteiger charge is 2.18. The molecule has 522 valence electrons.